The second kappa shape index (κ2) is 6.16. The lowest BCUT2D eigenvalue weighted by atomic mass is 9.94. The number of hydrogen-bond acceptors (Lipinski definition) is 4. The van der Waals surface area contributed by atoms with E-state index in [-0.39, 0.29) is 0 Å². The van der Waals surface area contributed by atoms with E-state index < -0.39 is 0 Å². The van der Waals surface area contributed by atoms with Gasteiger partial charge in [-0.25, -0.2) is 4.98 Å². The first-order valence-electron chi connectivity index (χ1n) is 7.59. The normalized spacial score (nSPS) is 17.6. The lowest BCUT2D eigenvalue weighted by Crippen LogP contribution is -2.15. The molecule has 1 aliphatic heterocycles. The summed E-state index contributed by atoms with van der Waals surface area (Å²) >= 11 is 1.78. The Bertz CT molecular complexity index is 621. The molecular weight excluding hydrogens is 280 g/mol. The number of aromatic nitrogens is 1. The molecule has 3 nitrogen and oxygen atoms in total. The summed E-state index contributed by atoms with van der Waals surface area (Å²) in [5.41, 5.74) is 8.36. The van der Waals surface area contributed by atoms with Gasteiger partial charge >= 0.3 is 0 Å². The summed E-state index contributed by atoms with van der Waals surface area (Å²) in [6, 6.07) is 8.31. The molecule has 2 heterocycles. The highest BCUT2D eigenvalue weighted by Gasteiger charge is 2.26. The molecule has 2 aromatic rings. The van der Waals surface area contributed by atoms with E-state index in [1.54, 1.807) is 11.3 Å². The minimum absolute atomic E-state index is 0.353. The standard InChI is InChI=1S/C17H22N2OS/c1-11(2)9-14-16(10-18)21-17(19-14)13-7-8-20-15-6-4-3-5-12(13)15/h3-6,11,13H,7-10,18H2,1-2H3. The molecule has 0 saturated carbocycles. The summed E-state index contributed by atoms with van der Waals surface area (Å²) in [6.07, 6.45) is 2.00. The number of benzene rings is 1. The molecule has 1 aliphatic rings. The third kappa shape index (κ3) is 2.97. The van der Waals surface area contributed by atoms with Crippen LogP contribution < -0.4 is 10.5 Å². The molecule has 0 fully saturated rings. The highest BCUT2D eigenvalue weighted by molar-refractivity contribution is 7.11. The van der Waals surface area contributed by atoms with Crippen molar-refractivity contribution in [2.75, 3.05) is 6.61 Å². The molecule has 1 aromatic carbocycles. The molecule has 0 radical (unpaired) electrons. The summed E-state index contributed by atoms with van der Waals surface area (Å²) in [5.74, 6) is 1.96. The van der Waals surface area contributed by atoms with Gasteiger partial charge in [-0.05, 0) is 24.8 Å². The Hall–Kier alpha value is -1.39. The average molecular weight is 302 g/mol. The van der Waals surface area contributed by atoms with Crippen LogP contribution in [0.5, 0.6) is 5.75 Å². The van der Waals surface area contributed by atoms with E-state index in [1.807, 2.05) is 12.1 Å². The van der Waals surface area contributed by atoms with Crippen molar-refractivity contribution in [1.82, 2.24) is 4.98 Å². The zero-order valence-corrected chi connectivity index (χ0v) is 13.5. The maximum Gasteiger partial charge on any atom is 0.123 e. The highest BCUT2D eigenvalue weighted by atomic mass is 32.1. The Kier molecular flexibility index (Phi) is 4.27. The number of para-hydroxylation sites is 1. The first kappa shape index (κ1) is 14.5. The quantitative estimate of drug-likeness (QED) is 0.936. The van der Waals surface area contributed by atoms with Gasteiger partial charge in [-0.1, -0.05) is 32.0 Å². The molecule has 4 heteroatoms. The zero-order chi connectivity index (χ0) is 14.8. The van der Waals surface area contributed by atoms with Gasteiger partial charge in [0.1, 0.15) is 10.8 Å². The van der Waals surface area contributed by atoms with E-state index in [2.05, 4.69) is 26.0 Å². The molecule has 0 spiro atoms. The molecule has 1 atom stereocenters. The second-order valence-electron chi connectivity index (χ2n) is 5.95. The van der Waals surface area contributed by atoms with Gasteiger partial charge in [0.25, 0.3) is 0 Å². The van der Waals surface area contributed by atoms with Gasteiger partial charge in [0.05, 0.1) is 12.3 Å². The Balaban J connectivity index is 1.96. The number of thiazole rings is 1. The van der Waals surface area contributed by atoms with Gasteiger partial charge < -0.3 is 10.5 Å². The number of ether oxygens (including phenoxy) is 1. The van der Waals surface area contributed by atoms with Crippen LogP contribution in [0.1, 0.15) is 47.3 Å². The zero-order valence-electron chi connectivity index (χ0n) is 12.6. The Morgan fingerprint density at radius 2 is 2.19 bits per heavy atom. The number of nitrogens with two attached hydrogens (primary N) is 1. The van der Waals surface area contributed by atoms with Crippen LogP contribution in [-0.4, -0.2) is 11.6 Å². The molecule has 1 aromatic heterocycles. The van der Waals surface area contributed by atoms with Crippen molar-refractivity contribution in [3.63, 3.8) is 0 Å². The van der Waals surface area contributed by atoms with Crippen molar-refractivity contribution in [3.8, 4) is 5.75 Å². The van der Waals surface area contributed by atoms with Crippen LogP contribution in [0.15, 0.2) is 24.3 Å². The molecule has 0 amide bonds. The van der Waals surface area contributed by atoms with Gasteiger partial charge in [-0.3, -0.25) is 0 Å². The number of hydrogen-bond donors (Lipinski definition) is 1. The fraction of sp³-hybridized carbons (Fsp3) is 0.471. The van der Waals surface area contributed by atoms with Gasteiger partial charge in [0, 0.05) is 22.9 Å². The molecule has 1 unspecified atom stereocenters. The van der Waals surface area contributed by atoms with Gasteiger partial charge in [0.15, 0.2) is 0 Å². The third-order valence-corrected chi connectivity index (χ3v) is 5.07. The van der Waals surface area contributed by atoms with Crippen LogP contribution in [0.2, 0.25) is 0 Å². The van der Waals surface area contributed by atoms with Gasteiger partial charge in [-0.15, -0.1) is 11.3 Å². The summed E-state index contributed by atoms with van der Waals surface area (Å²) in [5, 5.41) is 1.20. The fourth-order valence-corrected chi connectivity index (χ4v) is 3.98. The molecule has 112 valence electrons. The van der Waals surface area contributed by atoms with Crippen molar-refractivity contribution >= 4 is 11.3 Å². The van der Waals surface area contributed by atoms with Crippen molar-refractivity contribution in [1.29, 1.82) is 0 Å². The predicted molar refractivity (Wildman–Crippen MR) is 86.9 cm³/mol. The fourth-order valence-electron chi connectivity index (χ4n) is 2.86. The molecule has 0 bridgehead atoms. The van der Waals surface area contributed by atoms with E-state index in [4.69, 9.17) is 15.5 Å². The van der Waals surface area contributed by atoms with Gasteiger partial charge in [0.2, 0.25) is 0 Å². The highest BCUT2D eigenvalue weighted by Crippen LogP contribution is 2.40. The van der Waals surface area contributed by atoms with Crippen LogP contribution in [0.3, 0.4) is 0 Å². The first-order valence-corrected chi connectivity index (χ1v) is 8.41. The number of nitrogens with zero attached hydrogens (tertiary/aromatic N) is 1. The Morgan fingerprint density at radius 3 is 2.95 bits per heavy atom. The Labute approximate surface area is 130 Å². The topological polar surface area (TPSA) is 48.1 Å². The molecule has 3 rings (SSSR count). The maximum atomic E-state index is 5.91. The van der Waals surface area contributed by atoms with E-state index in [0.29, 0.717) is 18.4 Å². The van der Waals surface area contributed by atoms with Crippen LogP contribution in [0.25, 0.3) is 0 Å². The van der Waals surface area contributed by atoms with Crippen molar-refractivity contribution in [3.05, 3.63) is 45.4 Å². The van der Waals surface area contributed by atoms with E-state index in [9.17, 15) is 0 Å². The van der Waals surface area contributed by atoms with E-state index in [1.165, 1.54) is 21.1 Å². The smallest absolute Gasteiger partial charge is 0.123 e. The predicted octanol–water partition coefficient (Wildman–Crippen LogP) is 3.71. The SMILES string of the molecule is CC(C)Cc1nc(C2CCOc3ccccc32)sc1CN. The van der Waals surface area contributed by atoms with Crippen LogP contribution in [0, 0.1) is 5.92 Å². The minimum Gasteiger partial charge on any atom is -0.493 e. The molecular formula is C17H22N2OS. The van der Waals surface area contributed by atoms with E-state index in [0.717, 1.165) is 25.2 Å². The number of rotatable bonds is 4. The van der Waals surface area contributed by atoms with Crippen LogP contribution in [-0.2, 0) is 13.0 Å². The lowest BCUT2D eigenvalue weighted by molar-refractivity contribution is 0.276. The average Bonchev–Trinajstić information content (AvgIpc) is 2.88. The summed E-state index contributed by atoms with van der Waals surface area (Å²) < 4.78 is 5.76. The number of fused-ring (bicyclic) bond motifs is 1. The molecule has 2 N–H and O–H groups in total. The molecule has 0 saturated heterocycles. The summed E-state index contributed by atoms with van der Waals surface area (Å²) in [4.78, 5) is 6.17. The van der Waals surface area contributed by atoms with E-state index >= 15 is 0 Å². The third-order valence-electron chi connectivity index (χ3n) is 3.84. The van der Waals surface area contributed by atoms with Crippen LogP contribution >= 0.6 is 11.3 Å². The Morgan fingerprint density at radius 1 is 1.38 bits per heavy atom. The van der Waals surface area contributed by atoms with Crippen molar-refractivity contribution in [2.45, 2.75) is 39.2 Å². The largest absolute Gasteiger partial charge is 0.493 e. The second-order valence-corrected chi connectivity index (χ2v) is 7.07. The monoisotopic (exact) mass is 302 g/mol. The summed E-state index contributed by atoms with van der Waals surface area (Å²) in [6.45, 7) is 5.80. The van der Waals surface area contributed by atoms with Crippen LogP contribution in [0.4, 0.5) is 0 Å². The molecule has 0 aliphatic carbocycles. The first-order chi connectivity index (χ1) is 10.2. The maximum absolute atomic E-state index is 5.91. The van der Waals surface area contributed by atoms with Crippen molar-refractivity contribution < 1.29 is 4.74 Å². The van der Waals surface area contributed by atoms with Crippen molar-refractivity contribution in [2.24, 2.45) is 11.7 Å². The van der Waals surface area contributed by atoms with Gasteiger partial charge in [-0.2, -0.15) is 0 Å². The summed E-state index contributed by atoms with van der Waals surface area (Å²) in [7, 11) is 0. The minimum atomic E-state index is 0.353. The molecule has 21 heavy (non-hydrogen) atoms. The lowest BCUT2D eigenvalue weighted by Gasteiger charge is -2.24.